The van der Waals surface area contributed by atoms with Crippen LogP contribution in [0.5, 0.6) is 0 Å². The number of nitrogens with zero attached hydrogens (tertiary/aromatic N) is 3. The van der Waals surface area contributed by atoms with E-state index < -0.39 is 0 Å². The van der Waals surface area contributed by atoms with Gasteiger partial charge in [-0.15, -0.1) is 0 Å². The molecule has 2 fully saturated rings. The van der Waals surface area contributed by atoms with Gasteiger partial charge in [0.25, 0.3) is 0 Å². The van der Waals surface area contributed by atoms with Crippen LogP contribution in [0.2, 0.25) is 5.02 Å². The highest BCUT2D eigenvalue weighted by Gasteiger charge is 2.40. The summed E-state index contributed by atoms with van der Waals surface area (Å²) in [5.41, 5.74) is 0.804. The van der Waals surface area contributed by atoms with Crippen LogP contribution in [0.15, 0.2) is 28.8 Å². The van der Waals surface area contributed by atoms with Gasteiger partial charge >= 0.3 is 0 Å². The third kappa shape index (κ3) is 3.58. The molecule has 134 valence electrons. The lowest BCUT2D eigenvalue weighted by Crippen LogP contribution is -2.54. The first-order valence-corrected chi connectivity index (χ1v) is 9.08. The van der Waals surface area contributed by atoms with Gasteiger partial charge < -0.3 is 14.0 Å². The smallest absolute Gasteiger partial charge is 0.244 e. The van der Waals surface area contributed by atoms with Gasteiger partial charge in [-0.05, 0) is 31.2 Å². The molecular formula is C18H22ClN3O3. The van der Waals surface area contributed by atoms with E-state index in [4.69, 9.17) is 25.6 Å². The van der Waals surface area contributed by atoms with Crippen LogP contribution in [0.1, 0.15) is 31.7 Å². The van der Waals surface area contributed by atoms with Gasteiger partial charge in [0.05, 0.1) is 18.2 Å². The Hall–Kier alpha value is -1.47. The van der Waals surface area contributed by atoms with Gasteiger partial charge in [0.1, 0.15) is 0 Å². The highest BCUT2D eigenvalue weighted by Crippen LogP contribution is 2.33. The second-order valence-electron chi connectivity index (χ2n) is 6.75. The van der Waals surface area contributed by atoms with Crippen molar-refractivity contribution in [3.05, 3.63) is 35.2 Å². The van der Waals surface area contributed by atoms with Gasteiger partial charge in [-0.1, -0.05) is 16.8 Å². The molecule has 3 heterocycles. The first-order valence-electron chi connectivity index (χ1n) is 8.71. The first-order chi connectivity index (χ1) is 12.2. The minimum atomic E-state index is -0.0935. The SMILES string of the molecule is CC(c1nc(-c2ccc(Cl)cc2)no1)N1CCOC2(CCOCC2)C1. The summed E-state index contributed by atoms with van der Waals surface area (Å²) in [6, 6.07) is 7.50. The molecule has 0 N–H and O–H groups in total. The molecule has 0 aliphatic carbocycles. The molecule has 2 aliphatic heterocycles. The summed E-state index contributed by atoms with van der Waals surface area (Å²) in [7, 11) is 0. The monoisotopic (exact) mass is 363 g/mol. The number of halogens is 1. The molecule has 1 unspecified atom stereocenters. The number of ether oxygens (including phenoxy) is 2. The lowest BCUT2D eigenvalue weighted by molar-refractivity contribution is -0.160. The average Bonchev–Trinajstić information content (AvgIpc) is 3.12. The first kappa shape index (κ1) is 17.0. The molecule has 0 amide bonds. The Morgan fingerprint density at radius 1 is 1.16 bits per heavy atom. The van der Waals surface area contributed by atoms with Crippen molar-refractivity contribution < 1.29 is 14.0 Å². The van der Waals surface area contributed by atoms with Crippen LogP contribution in [0, 0.1) is 0 Å². The average molecular weight is 364 g/mol. The third-order valence-corrected chi connectivity index (χ3v) is 5.38. The van der Waals surface area contributed by atoms with Gasteiger partial charge in [-0.25, -0.2) is 0 Å². The predicted octanol–water partition coefficient (Wildman–Crippen LogP) is 3.33. The molecule has 7 heteroatoms. The Morgan fingerprint density at radius 2 is 1.92 bits per heavy atom. The summed E-state index contributed by atoms with van der Waals surface area (Å²) in [6.07, 6.45) is 1.88. The molecule has 1 aromatic carbocycles. The van der Waals surface area contributed by atoms with Gasteiger partial charge in [-0.3, -0.25) is 4.90 Å². The maximum Gasteiger partial charge on any atom is 0.244 e. The normalized spacial score (nSPS) is 22.2. The zero-order valence-corrected chi connectivity index (χ0v) is 15.0. The van der Waals surface area contributed by atoms with E-state index in [9.17, 15) is 0 Å². The van der Waals surface area contributed by atoms with E-state index in [2.05, 4.69) is 22.0 Å². The van der Waals surface area contributed by atoms with E-state index in [1.165, 1.54) is 0 Å². The molecule has 1 atom stereocenters. The zero-order chi connectivity index (χ0) is 17.3. The van der Waals surface area contributed by atoms with Crippen molar-refractivity contribution in [3.63, 3.8) is 0 Å². The number of rotatable bonds is 3. The number of morpholine rings is 1. The van der Waals surface area contributed by atoms with E-state index in [0.29, 0.717) is 16.7 Å². The fourth-order valence-electron chi connectivity index (χ4n) is 3.53. The lowest BCUT2D eigenvalue weighted by Gasteiger charge is -2.46. The van der Waals surface area contributed by atoms with Crippen molar-refractivity contribution in [2.45, 2.75) is 31.4 Å². The van der Waals surface area contributed by atoms with E-state index in [0.717, 1.165) is 51.3 Å². The Kier molecular flexibility index (Phi) is 4.78. The summed E-state index contributed by atoms with van der Waals surface area (Å²) in [5.74, 6) is 1.22. The van der Waals surface area contributed by atoms with Crippen molar-refractivity contribution in [3.8, 4) is 11.4 Å². The molecule has 1 spiro atoms. The maximum absolute atomic E-state index is 6.11. The van der Waals surface area contributed by atoms with E-state index in [1.807, 2.05) is 24.3 Å². The number of aromatic nitrogens is 2. The van der Waals surface area contributed by atoms with Crippen molar-refractivity contribution in [2.24, 2.45) is 0 Å². The van der Waals surface area contributed by atoms with Crippen molar-refractivity contribution >= 4 is 11.6 Å². The fraction of sp³-hybridized carbons (Fsp3) is 0.556. The number of benzene rings is 1. The fourth-order valence-corrected chi connectivity index (χ4v) is 3.65. The quantitative estimate of drug-likeness (QED) is 0.833. The van der Waals surface area contributed by atoms with Crippen LogP contribution < -0.4 is 0 Å². The van der Waals surface area contributed by atoms with E-state index in [-0.39, 0.29) is 11.6 Å². The number of hydrogen-bond donors (Lipinski definition) is 0. The van der Waals surface area contributed by atoms with E-state index in [1.54, 1.807) is 0 Å². The molecule has 0 saturated carbocycles. The minimum absolute atomic E-state index is 0.0529. The van der Waals surface area contributed by atoms with Gasteiger partial charge in [0.2, 0.25) is 11.7 Å². The van der Waals surface area contributed by atoms with Crippen LogP contribution in [0.4, 0.5) is 0 Å². The molecule has 0 radical (unpaired) electrons. The molecule has 2 saturated heterocycles. The maximum atomic E-state index is 6.11. The Bertz CT molecular complexity index is 707. The van der Waals surface area contributed by atoms with Gasteiger partial charge in [-0.2, -0.15) is 4.98 Å². The van der Waals surface area contributed by atoms with Gasteiger partial charge in [0.15, 0.2) is 0 Å². The molecule has 2 aliphatic rings. The van der Waals surface area contributed by atoms with Crippen LogP contribution >= 0.6 is 11.6 Å². The summed E-state index contributed by atoms with van der Waals surface area (Å²) < 4.78 is 17.1. The standard InChI is InChI=1S/C18H22ClN3O3/c1-13(22-8-11-24-18(12-22)6-9-23-10-7-18)17-20-16(21-25-17)14-2-4-15(19)5-3-14/h2-5,13H,6-12H2,1H3. The Morgan fingerprint density at radius 3 is 2.68 bits per heavy atom. The van der Waals surface area contributed by atoms with Crippen molar-refractivity contribution in [1.29, 1.82) is 0 Å². The Balaban J connectivity index is 1.49. The molecule has 4 rings (SSSR count). The summed E-state index contributed by atoms with van der Waals surface area (Å²) in [6.45, 7) is 6.10. The van der Waals surface area contributed by atoms with Gasteiger partial charge in [0, 0.05) is 49.7 Å². The molecule has 6 nitrogen and oxygen atoms in total. The largest absolute Gasteiger partial charge is 0.381 e. The molecule has 2 aromatic rings. The second kappa shape index (κ2) is 7.03. The van der Waals surface area contributed by atoms with Crippen LogP contribution in [0.3, 0.4) is 0 Å². The minimum Gasteiger partial charge on any atom is -0.381 e. The van der Waals surface area contributed by atoms with E-state index >= 15 is 0 Å². The second-order valence-corrected chi connectivity index (χ2v) is 7.19. The van der Waals surface area contributed by atoms with Crippen molar-refractivity contribution in [1.82, 2.24) is 15.0 Å². The van der Waals surface area contributed by atoms with Crippen LogP contribution in [-0.2, 0) is 9.47 Å². The van der Waals surface area contributed by atoms with Crippen molar-refractivity contribution in [2.75, 3.05) is 32.9 Å². The molecule has 1 aromatic heterocycles. The highest BCUT2D eigenvalue weighted by atomic mass is 35.5. The molecule has 0 bridgehead atoms. The van der Waals surface area contributed by atoms with Crippen LogP contribution in [-0.4, -0.2) is 53.6 Å². The Labute approximate surface area is 152 Å². The summed E-state index contributed by atoms with van der Waals surface area (Å²) in [5, 5.41) is 4.82. The number of hydrogen-bond acceptors (Lipinski definition) is 6. The lowest BCUT2D eigenvalue weighted by atomic mass is 9.91. The highest BCUT2D eigenvalue weighted by molar-refractivity contribution is 6.30. The summed E-state index contributed by atoms with van der Waals surface area (Å²) >= 11 is 5.94. The van der Waals surface area contributed by atoms with Crippen LogP contribution in [0.25, 0.3) is 11.4 Å². The zero-order valence-electron chi connectivity index (χ0n) is 14.3. The summed E-state index contributed by atoms with van der Waals surface area (Å²) in [4.78, 5) is 6.96. The topological polar surface area (TPSA) is 60.6 Å². The molecule has 25 heavy (non-hydrogen) atoms. The predicted molar refractivity (Wildman–Crippen MR) is 93.5 cm³/mol. The molecular weight excluding hydrogens is 342 g/mol. The third-order valence-electron chi connectivity index (χ3n) is 5.13.